The van der Waals surface area contributed by atoms with Crippen LogP contribution in [0.2, 0.25) is 0 Å². The van der Waals surface area contributed by atoms with Crippen LogP contribution in [0.3, 0.4) is 0 Å². The molecule has 0 aliphatic rings. The van der Waals surface area contributed by atoms with E-state index in [1.54, 1.807) is 25.6 Å². The summed E-state index contributed by atoms with van der Waals surface area (Å²) in [6.45, 7) is 2.52. The number of hydrogen-bond donors (Lipinski definition) is 2. The first-order chi connectivity index (χ1) is 11.2. The van der Waals surface area contributed by atoms with Crippen molar-refractivity contribution in [2.45, 2.75) is 25.8 Å². The lowest BCUT2D eigenvalue weighted by molar-refractivity contribution is -0.121. The fourth-order valence-corrected chi connectivity index (χ4v) is 2.30. The van der Waals surface area contributed by atoms with Crippen molar-refractivity contribution >= 4 is 11.9 Å². The van der Waals surface area contributed by atoms with Crippen LogP contribution in [0, 0.1) is 0 Å². The highest BCUT2D eigenvalue weighted by Gasteiger charge is 2.16. The number of methoxy groups -OCH3 is 1. The molecule has 6 nitrogen and oxygen atoms in total. The summed E-state index contributed by atoms with van der Waals surface area (Å²) in [5.74, 6) is 1.29. The Morgan fingerprint density at radius 2 is 1.96 bits per heavy atom. The normalized spacial score (nSPS) is 11.6. The molecule has 0 fully saturated rings. The second-order valence-electron chi connectivity index (χ2n) is 5.02. The van der Waals surface area contributed by atoms with Crippen LogP contribution in [0.15, 0.2) is 42.7 Å². The van der Waals surface area contributed by atoms with Crippen LogP contribution in [-0.2, 0) is 4.79 Å². The summed E-state index contributed by atoms with van der Waals surface area (Å²) in [5, 5.41) is 6.07. The molecule has 1 amide bonds. The molecule has 2 N–H and O–H groups in total. The number of carbonyl (C=O) groups is 1. The van der Waals surface area contributed by atoms with Crippen LogP contribution in [0.4, 0.5) is 5.95 Å². The average molecular weight is 314 g/mol. The van der Waals surface area contributed by atoms with Gasteiger partial charge in [-0.3, -0.25) is 4.79 Å². The molecule has 1 aromatic heterocycles. The van der Waals surface area contributed by atoms with Gasteiger partial charge in [-0.05, 0) is 18.6 Å². The number of amides is 1. The number of hydrogen-bond acceptors (Lipinski definition) is 5. The molecule has 1 aromatic carbocycles. The molecule has 0 saturated heterocycles. The molecule has 0 bridgehead atoms. The van der Waals surface area contributed by atoms with E-state index in [4.69, 9.17) is 4.74 Å². The van der Waals surface area contributed by atoms with Crippen LogP contribution >= 0.6 is 0 Å². The highest BCUT2D eigenvalue weighted by atomic mass is 16.5. The summed E-state index contributed by atoms with van der Waals surface area (Å²) >= 11 is 0. The molecule has 1 heterocycles. The fourth-order valence-electron chi connectivity index (χ4n) is 2.30. The summed E-state index contributed by atoms with van der Waals surface area (Å²) in [5.41, 5.74) is 0.991. The predicted molar refractivity (Wildman–Crippen MR) is 89.3 cm³/mol. The first kappa shape index (κ1) is 16.7. The van der Waals surface area contributed by atoms with Crippen LogP contribution in [0.25, 0.3) is 0 Å². The molecule has 0 unspecified atom stereocenters. The van der Waals surface area contributed by atoms with Gasteiger partial charge in [-0.2, -0.15) is 0 Å². The molecule has 122 valence electrons. The van der Waals surface area contributed by atoms with Gasteiger partial charge in [-0.1, -0.05) is 25.1 Å². The summed E-state index contributed by atoms with van der Waals surface area (Å²) in [6, 6.07) is 9.42. The minimum Gasteiger partial charge on any atom is -0.496 e. The number of para-hydroxylation sites is 1. The van der Waals surface area contributed by atoms with Gasteiger partial charge in [-0.15, -0.1) is 0 Å². The highest BCUT2D eigenvalue weighted by Crippen LogP contribution is 2.26. The van der Waals surface area contributed by atoms with E-state index in [1.807, 2.05) is 31.2 Å². The molecule has 0 spiro atoms. The zero-order valence-corrected chi connectivity index (χ0v) is 13.5. The molecule has 2 rings (SSSR count). The molecular formula is C17H22N4O2. The lowest BCUT2D eigenvalue weighted by Gasteiger charge is -2.20. The Bertz CT molecular complexity index is 619. The maximum atomic E-state index is 12.1. The molecule has 1 atom stereocenters. The zero-order chi connectivity index (χ0) is 16.5. The Kier molecular flexibility index (Phi) is 6.35. The van der Waals surface area contributed by atoms with Crippen molar-refractivity contribution in [1.82, 2.24) is 15.3 Å². The van der Waals surface area contributed by atoms with Crippen molar-refractivity contribution < 1.29 is 9.53 Å². The van der Waals surface area contributed by atoms with Crippen molar-refractivity contribution in [2.75, 3.05) is 19.0 Å². The smallest absolute Gasteiger partial charge is 0.222 e. The van der Waals surface area contributed by atoms with Crippen LogP contribution < -0.4 is 15.4 Å². The van der Waals surface area contributed by atoms with Crippen molar-refractivity contribution in [3.8, 4) is 5.75 Å². The zero-order valence-electron chi connectivity index (χ0n) is 13.5. The van der Waals surface area contributed by atoms with Gasteiger partial charge in [0.15, 0.2) is 0 Å². The number of nitrogens with zero attached hydrogens (tertiary/aromatic N) is 2. The quantitative estimate of drug-likeness (QED) is 0.783. The van der Waals surface area contributed by atoms with Crippen molar-refractivity contribution in [1.29, 1.82) is 0 Å². The first-order valence-electron chi connectivity index (χ1n) is 7.67. The summed E-state index contributed by atoms with van der Waals surface area (Å²) in [7, 11) is 1.64. The Balaban J connectivity index is 1.87. The average Bonchev–Trinajstić information content (AvgIpc) is 2.60. The topological polar surface area (TPSA) is 76.1 Å². The number of anilines is 1. The van der Waals surface area contributed by atoms with Gasteiger partial charge in [-0.25, -0.2) is 9.97 Å². The lowest BCUT2D eigenvalue weighted by atomic mass is 10.0. The van der Waals surface area contributed by atoms with E-state index in [0.29, 0.717) is 18.9 Å². The van der Waals surface area contributed by atoms with E-state index in [2.05, 4.69) is 20.6 Å². The SMILES string of the molecule is CC[C@@H](NC(=O)CCNc1ncccn1)c1ccccc1OC. The Labute approximate surface area is 136 Å². The maximum absolute atomic E-state index is 12.1. The number of ether oxygens (including phenoxy) is 1. The van der Waals surface area contributed by atoms with Gasteiger partial charge < -0.3 is 15.4 Å². The Morgan fingerprint density at radius 3 is 2.65 bits per heavy atom. The van der Waals surface area contributed by atoms with Crippen molar-refractivity contribution in [3.63, 3.8) is 0 Å². The molecule has 6 heteroatoms. The number of carbonyl (C=O) groups excluding carboxylic acids is 1. The minimum absolute atomic E-state index is 0.0220. The van der Waals surface area contributed by atoms with Crippen LogP contribution in [0.1, 0.15) is 31.4 Å². The third-order valence-corrected chi connectivity index (χ3v) is 3.46. The second-order valence-corrected chi connectivity index (χ2v) is 5.02. The second kappa shape index (κ2) is 8.73. The highest BCUT2D eigenvalue weighted by molar-refractivity contribution is 5.77. The lowest BCUT2D eigenvalue weighted by Crippen LogP contribution is -2.29. The van der Waals surface area contributed by atoms with E-state index in [-0.39, 0.29) is 11.9 Å². The fraction of sp³-hybridized carbons (Fsp3) is 0.353. The maximum Gasteiger partial charge on any atom is 0.222 e. The Morgan fingerprint density at radius 1 is 1.22 bits per heavy atom. The van der Waals surface area contributed by atoms with E-state index in [0.717, 1.165) is 17.7 Å². The summed E-state index contributed by atoms with van der Waals surface area (Å²) < 4.78 is 5.37. The van der Waals surface area contributed by atoms with Gasteiger partial charge in [0.2, 0.25) is 11.9 Å². The van der Waals surface area contributed by atoms with Crippen molar-refractivity contribution in [2.24, 2.45) is 0 Å². The molecular weight excluding hydrogens is 292 g/mol. The standard InChI is InChI=1S/C17H22N4O2/c1-3-14(13-7-4-5-8-15(13)23-2)21-16(22)9-12-20-17-18-10-6-11-19-17/h4-8,10-11,14H,3,9,12H2,1-2H3,(H,21,22)(H,18,19,20)/t14-/m1/s1. The van der Waals surface area contributed by atoms with E-state index < -0.39 is 0 Å². The molecule has 0 aliphatic heterocycles. The number of rotatable bonds is 8. The molecule has 0 aliphatic carbocycles. The largest absolute Gasteiger partial charge is 0.496 e. The summed E-state index contributed by atoms with van der Waals surface area (Å²) in [4.78, 5) is 20.2. The molecule has 0 radical (unpaired) electrons. The molecule has 2 aromatic rings. The van der Waals surface area contributed by atoms with E-state index in [9.17, 15) is 4.79 Å². The van der Waals surface area contributed by atoms with Gasteiger partial charge in [0.1, 0.15) is 5.75 Å². The third-order valence-electron chi connectivity index (χ3n) is 3.46. The van der Waals surface area contributed by atoms with Crippen LogP contribution in [-0.4, -0.2) is 29.5 Å². The number of nitrogens with one attached hydrogen (secondary N) is 2. The number of benzene rings is 1. The minimum atomic E-state index is -0.0633. The monoisotopic (exact) mass is 314 g/mol. The van der Waals surface area contributed by atoms with Gasteiger partial charge in [0.05, 0.1) is 13.2 Å². The molecule has 23 heavy (non-hydrogen) atoms. The first-order valence-corrected chi connectivity index (χ1v) is 7.67. The van der Waals surface area contributed by atoms with E-state index in [1.165, 1.54) is 0 Å². The van der Waals surface area contributed by atoms with Crippen LogP contribution in [0.5, 0.6) is 5.75 Å². The van der Waals surface area contributed by atoms with Gasteiger partial charge >= 0.3 is 0 Å². The molecule has 0 saturated carbocycles. The van der Waals surface area contributed by atoms with Crippen molar-refractivity contribution in [3.05, 3.63) is 48.3 Å². The van der Waals surface area contributed by atoms with Gasteiger partial charge in [0, 0.05) is 30.9 Å². The third kappa shape index (κ3) is 4.95. The predicted octanol–water partition coefficient (Wildman–Crippen LogP) is 2.55. The Hall–Kier alpha value is -2.63. The summed E-state index contributed by atoms with van der Waals surface area (Å²) in [6.07, 6.45) is 4.46. The number of aromatic nitrogens is 2. The van der Waals surface area contributed by atoms with E-state index >= 15 is 0 Å². The van der Waals surface area contributed by atoms with Gasteiger partial charge in [0.25, 0.3) is 0 Å².